The van der Waals surface area contributed by atoms with Gasteiger partial charge in [-0.3, -0.25) is 4.79 Å². The zero-order chi connectivity index (χ0) is 14.4. The van der Waals surface area contributed by atoms with Gasteiger partial charge in [-0.25, -0.2) is 4.98 Å². The molecule has 0 aliphatic carbocycles. The van der Waals surface area contributed by atoms with Crippen LogP contribution >= 0.6 is 11.3 Å². The first-order valence-corrected chi connectivity index (χ1v) is 8.07. The number of hydrogen-bond donors (Lipinski definition) is 2. The highest BCUT2D eigenvalue weighted by Crippen LogP contribution is 2.17. The standard InChI is InChI=1S/C14H23N3O2S/c1-10-9-20-14(16-10)11(2)17-13(18)5-8-19-12-3-6-15-7-4-12/h9,11-12,15H,3-8H2,1-2H3,(H,17,18). The van der Waals surface area contributed by atoms with Gasteiger partial charge in [0.1, 0.15) is 5.01 Å². The highest BCUT2D eigenvalue weighted by molar-refractivity contribution is 7.09. The van der Waals surface area contributed by atoms with Crippen LogP contribution in [0.1, 0.15) is 42.9 Å². The van der Waals surface area contributed by atoms with Gasteiger partial charge in [0.2, 0.25) is 5.91 Å². The van der Waals surface area contributed by atoms with Gasteiger partial charge >= 0.3 is 0 Å². The third-order valence-electron chi connectivity index (χ3n) is 3.35. The minimum atomic E-state index is -0.0277. The number of ether oxygens (including phenoxy) is 1. The van der Waals surface area contributed by atoms with E-state index in [0.29, 0.717) is 19.1 Å². The van der Waals surface area contributed by atoms with E-state index in [-0.39, 0.29) is 11.9 Å². The molecule has 1 amide bonds. The van der Waals surface area contributed by atoms with Crippen molar-refractivity contribution in [2.75, 3.05) is 19.7 Å². The molecule has 0 radical (unpaired) electrons. The fraction of sp³-hybridized carbons (Fsp3) is 0.714. The zero-order valence-electron chi connectivity index (χ0n) is 12.1. The lowest BCUT2D eigenvalue weighted by Gasteiger charge is -2.22. The fourth-order valence-corrected chi connectivity index (χ4v) is 3.03. The Labute approximate surface area is 124 Å². The molecule has 1 unspecified atom stereocenters. The first-order valence-electron chi connectivity index (χ1n) is 7.19. The molecule has 1 saturated heterocycles. The van der Waals surface area contributed by atoms with Gasteiger partial charge in [-0.05, 0) is 39.8 Å². The van der Waals surface area contributed by atoms with E-state index in [1.54, 1.807) is 11.3 Å². The van der Waals surface area contributed by atoms with Crippen molar-refractivity contribution in [3.63, 3.8) is 0 Å². The summed E-state index contributed by atoms with van der Waals surface area (Å²) in [5.74, 6) is 0.0271. The van der Waals surface area contributed by atoms with E-state index in [9.17, 15) is 4.79 Å². The van der Waals surface area contributed by atoms with Crippen LogP contribution < -0.4 is 10.6 Å². The van der Waals surface area contributed by atoms with Gasteiger partial charge < -0.3 is 15.4 Å². The molecule has 0 bridgehead atoms. The van der Waals surface area contributed by atoms with Crippen LogP contribution in [0, 0.1) is 6.92 Å². The Kier molecular flexibility index (Phi) is 5.94. The van der Waals surface area contributed by atoms with Crippen molar-refractivity contribution in [3.05, 3.63) is 16.1 Å². The van der Waals surface area contributed by atoms with Crippen molar-refractivity contribution >= 4 is 17.2 Å². The maximum atomic E-state index is 11.8. The average molecular weight is 297 g/mol. The third-order valence-corrected chi connectivity index (χ3v) is 4.50. The Morgan fingerprint density at radius 3 is 3.00 bits per heavy atom. The van der Waals surface area contributed by atoms with Gasteiger partial charge in [0, 0.05) is 17.5 Å². The average Bonchev–Trinajstić information content (AvgIpc) is 2.87. The second kappa shape index (κ2) is 7.71. The van der Waals surface area contributed by atoms with E-state index >= 15 is 0 Å². The Hall–Kier alpha value is -0.980. The predicted octanol–water partition coefficient (Wildman–Crippen LogP) is 1.79. The summed E-state index contributed by atoms with van der Waals surface area (Å²) < 4.78 is 5.73. The molecule has 112 valence electrons. The van der Waals surface area contributed by atoms with Crippen LogP contribution in [0.5, 0.6) is 0 Å². The van der Waals surface area contributed by atoms with E-state index in [1.807, 2.05) is 19.2 Å². The van der Waals surface area contributed by atoms with Crippen LogP contribution in [0.25, 0.3) is 0 Å². The van der Waals surface area contributed by atoms with Crippen molar-refractivity contribution < 1.29 is 9.53 Å². The van der Waals surface area contributed by atoms with E-state index in [4.69, 9.17) is 4.74 Å². The van der Waals surface area contributed by atoms with E-state index < -0.39 is 0 Å². The number of amides is 1. The molecular formula is C14H23N3O2S. The van der Waals surface area contributed by atoms with Crippen molar-refractivity contribution in [2.24, 2.45) is 0 Å². The third kappa shape index (κ3) is 4.85. The molecule has 1 atom stereocenters. The van der Waals surface area contributed by atoms with E-state index in [0.717, 1.165) is 36.6 Å². The summed E-state index contributed by atoms with van der Waals surface area (Å²) in [6.07, 6.45) is 2.80. The molecule has 1 fully saturated rings. The lowest BCUT2D eigenvalue weighted by Crippen LogP contribution is -2.33. The van der Waals surface area contributed by atoms with Crippen LogP contribution in [0.2, 0.25) is 0 Å². The van der Waals surface area contributed by atoms with Crippen LogP contribution in [0.15, 0.2) is 5.38 Å². The number of carbonyl (C=O) groups is 1. The van der Waals surface area contributed by atoms with Crippen molar-refractivity contribution in [2.45, 2.75) is 45.3 Å². The summed E-state index contributed by atoms with van der Waals surface area (Å²) >= 11 is 1.58. The molecule has 5 nitrogen and oxygen atoms in total. The molecule has 1 aliphatic heterocycles. The molecule has 1 aromatic heterocycles. The largest absolute Gasteiger partial charge is 0.378 e. The summed E-state index contributed by atoms with van der Waals surface area (Å²) in [7, 11) is 0. The summed E-state index contributed by atoms with van der Waals surface area (Å²) in [6.45, 7) is 6.44. The number of carbonyl (C=O) groups excluding carboxylic acids is 1. The normalized spacial score (nSPS) is 17.9. The molecule has 1 aromatic rings. The summed E-state index contributed by atoms with van der Waals surface area (Å²) in [5, 5.41) is 9.21. The van der Waals surface area contributed by atoms with Crippen LogP contribution in [-0.4, -0.2) is 36.7 Å². The minimum absolute atomic E-state index is 0.0271. The molecule has 6 heteroatoms. The molecule has 1 aliphatic rings. The number of aromatic nitrogens is 1. The monoisotopic (exact) mass is 297 g/mol. The summed E-state index contributed by atoms with van der Waals surface area (Å²) in [5.41, 5.74) is 1.00. The number of aryl methyl sites for hydroxylation is 1. The molecule has 0 spiro atoms. The van der Waals surface area contributed by atoms with Gasteiger partial charge in [-0.2, -0.15) is 0 Å². The van der Waals surface area contributed by atoms with Crippen molar-refractivity contribution in [1.29, 1.82) is 0 Å². The van der Waals surface area contributed by atoms with Gasteiger partial charge in [0.25, 0.3) is 0 Å². The number of nitrogens with zero attached hydrogens (tertiary/aromatic N) is 1. The molecule has 20 heavy (non-hydrogen) atoms. The van der Waals surface area contributed by atoms with E-state index in [2.05, 4.69) is 15.6 Å². The topological polar surface area (TPSA) is 63.2 Å². The number of thiazole rings is 1. The number of rotatable bonds is 6. The van der Waals surface area contributed by atoms with Gasteiger partial charge in [0.15, 0.2) is 0 Å². The molecule has 2 rings (SSSR count). The first-order chi connectivity index (χ1) is 9.65. The highest BCUT2D eigenvalue weighted by atomic mass is 32.1. The van der Waals surface area contributed by atoms with E-state index in [1.165, 1.54) is 0 Å². The lowest BCUT2D eigenvalue weighted by molar-refractivity contribution is -0.123. The molecular weight excluding hydrogens is 274 g/mol. The van der Waals surface area contributed by atoms with Gasteiger partial charge in [-0.15, -0.1) is 11.3 Å². The summed E-state index contributed by atoms with van der Waals surface area (Å²) in [4.78, 5) is 16.2. The lowest BCUT2D eigenvalue weighted by atomic mass is 10.1. The van der Waals surface area contributed by atoms with Gasteiger partial charge in [-0.1, -0.05) is 0 Å². The Morgan fingerprint density at radius 2 is 2.35 bits per heavy atom. The second-order valence-corrected chi connectivity index (χ2v) is 6.08. The number of hydrogen-bond acceptors (Lipinski definition) is 5. The maximum Gasteiger partial charge on any atom is 0.222 e. The van der Waals surface area contributed by atoms with Crippen LogP contribution in [-0.2, 0) is 9.53 Å². The first kappa shape index (κ1) is 15.4. The fourth-order valence-electron chi connectivity index (χ4n) is 2.23. The molecule has 0 aromatic carbocycles. The SMILES string of the molecule is Cc1csc(C(C)NC(=O)CCOC2CCNCC2)n1. The Morgan fingerprint density at radius 1 is 1.60 bits per heavy atom. The zero-order valence-corrected chi connectivity index (χ0v) is 13.0. The van der Waals surface area contributed by atoms with Gasteiger partial charge in [0.05, 0.1) is 18.8 Å². The van der Waals surface area contributed by atoms with Crippen LogP contribution in [0.3, 0.4) is 0 Å². The van der Waals surface area contributed by atoms with Crippen molar-refractivity contribution in [1.82, 2.24) is 15.6 Å². The molecule has 0 saturated carbocycles. The highest BCUT2D eigenvalue weighted by Gasteiger charge is 2.15. The van der Waals surface area contributed by atoms with Crippen molar-refractivity contribution in [3.8, 4) is 0 Å². The molecule has 2 N–H and O–H groups in total. The quantitative estimate of drug-likeness (QED) is 0.840. The Balaban J connectivity index is 1.64. The molecule has 2 heterocycles. The number of piperidine rings is 1. The smallest absolute Gasteiger partial charge is 0.222 e. The minimum Gasteiger partial charge on any atom is -0.378 e. The van der Waals surface area contributed by atoms with Crippen LogP contribution in [0.4, 0.5) is 0 Å². The maximum absolute atomic E-state index is 11.8. The second-order valence-electron chi connectivity index (χ2n) is 5.19. The predicted molar refractivity (Wildman–Crippen MR) is 79.9 cm³/mol. The summed E-state index contributed by atoms with van der Waals surface area (Å²) in [6, 6.07) is -0.0277. The Bertz CT molecular complexity index is 430. The number of nitrogens with one attached hydrogen (secondary N) is 2.